The zero-order chi connectivity index (χ0) is 10.9. The van der Waals surface area contributed by atoms with Crippen LogP contribution in [0.2, 0.25) is 0 Å². The summed E-state index contributed by atoms with van der Waals surface area (Å²) in [6.07, 6.45) is 2.75. The number of hydrogen-bond acceptors (Lipinski definition) is 2. The lowest BCUT2D eigenvalue weighted by Crippen LogP contribution is -2.21. The van der Waals surface area contributed by atoms with Crippen LogP contribution in [-0.2, 0) is 5.60 Å². The molecule has 0 unspecified atom stereocenters. The molecular weight excluding hydrogens is 186 g/mol. The van der Waals surface area contributed by atoms with Gasteiger partial charge in [-0.1, -0.05) is 19.1 Å². The van der Waals surface area contributed by atoms with Crippen molar-refractivity contribution in [1.82, 2.24) is 0 Å². The van der Waals surface area contributed by atoms with E-state index < -0.39 is 5.60 Å². The van der Waals surface area contributed by atoms with Gasteiger partial charge in [-0.15, -0.1) is 0 Å². The largest absolute Gasteiger partial charge is 0.385 e. The highest BCUT2D eigenvalue weighted by Crippen LogP contribution is 2.41. The van der Waals surface area contributed by atoms with Gasteiger partial charge in [0.15, 0.2) is 0 Å². The van der Waals surface area contributed by atoms with Crippen molar-refractivity contribution < 1.29 is 5.11 Å². The molecule has 1 aromatic carbocycles. The van der Waals surface area contributed by atoms with Gasteiger partial charge in [0.05, 0.1) is 17.2 Å². The summed E-state index contributed by atoms with van der Waals surface area (Å²) in [6.45, 7) is 2.17. The van der Waals surface area contributed by atoms with E-state index in [1.807, 2.05) is 12.1 Å². The number of rotatable bonds is 1. The maximum atomic E-state index is 10.4. The van der Waals surface area contributed by atoms with Gasteiger partial charge in [0.2, 0.25) is 0 Å². The first-order valence-corrected chi connectivity index (χ1v) is 5.37. The fourth-order valence-electron chi connectivity index (χ4n) is 2.38. The van der Waals surface area contributed by atoms with Crippen LogP contribution in [0.3, 0.4) is 0 Å². The number of hydrogen-bond donors (Lipinski definition) is 1. The van der Waals surface area contributed by atoms with Crippen molar-refractivity contribution in [1.29, 1.82) is 5.26 Å². The maximum Gasteiger partial charge on any atom is 0.0991 e. The summed E-state index contributed by atoms with van der Waals surface area (Å²) in [5.74, 6) is 0.589. The Bertz CT molecular complexity index is 390. The molecule has 2 rings (SSSR count). The van der Waals surface area contributed by atoms with Gasteiger partial charge in [-0.2, -0.15) is 5.26 Å². The van der Waals surface area contributed by atoms with Gasteiger partial charge in [-0.25, -0.2) is 0 Å². The van der Waals surface area contributed by atoms with Crippen molar-refractivity contribution in [2.24, 2.45) is 5.92 Å². The topological polar surface area (TPSA) is 44.0 Å². The summed E-state index contributed by atoms with van der Waals surface area (Å²) in [5.41, 5.74) is 0.937. The van der Waals surface area contributed by atoms with Gasteiger partial charge >= 0.3 is 0 Å². The molecule has 0 saturated heterocycles. The quantitative estimate of drug-likeness (QED) is 0.758. The second kappa shape index (κ2) is 3.67. The van der Waals surface area contributed by atoms with E-state index in [-0.39, 0.29) is 0 Å². The minimum Gasteiger partial charge on any atom is -0.385 e. The Morgan fingerprint density at radius 1 is 1.40 bits per heavy atom. The van der Waals surface area contributed by atoms with Gasteiger partial charge in [0.25, 0.3) is 0 Å². The second-order valence-corrected chi connectivity index (χ2v) is 4.57. The van der Waals surface area contributed by atoms with Crippen molar-refractivity contribution >= 4 is 0 Å². The summed E-state index contributed by atoms with van der Waals surface area (Å²) in [7, 11) is 0. The molecule has 1 aromatic rings. The summed E-state index contributed by atoms with van der Waals surface area (Å²) in [4.78, 5) is 0. The van der Waals surface area contributed by atoms with E-state index >= 15 is 0 Å². The van der Waals surface area contributed by atoms with Crippen LogP contribution in [0.4, 0.5) is 0 Å². The van der Waals surface area contributed by atoms with E-state index in [0.29, 0.717) is 11.5 Å². The van der Waals surface area contributed by atoms with Crippen LogP contribution in [0, 0.1) is 17.2 Å². The fourth-order valence-corrected chi connectivity index (χ4v) is 2.38. The van der Waals surface area contributed by atoms with Gasteiger partial charge in [-0.05, 0) is 42.9 Å². The van der Waals surface area contributed by atoms with Crippen molar-refractivity contribution in [2.75, 3.05) is 0 Å². The molecule has 0 aliphatic heterocycles. The molecule has 2 nitrogen and oxygen atoms in total. The number of benzene rings is 1. The average molecular weight is 201 g/mol. The standard InChI is InChI=1S/C13H15NO/c1-10-6-7-13(15,8-10)12-4-2-11(9-14)3-5-12/h2-5,10,15H,6-8H2,1H3/t10-,13+/m1/s1. The maximum absolute atomic E-state index is 10.4. The Kier molecular flexibility index (Phi) is 2.50. The summed E-state index contributed by atoms with van der Waals surface area (Å²) < 4.78 is 0. The van der Waals surface area contributed by atoms with Crippen LogP contribution in [0.5, 0.6) is 0 Å². The minimum absolute atomic E-state index is 0.589. The first kappa shape index (κ1) is 10.2. The highest BCUT2D eigenvalue weighted by atomic mass is 16.3. The van der Waals surface area contributed by atoms with E-state index in [0.717, 1.165) is 24.8 Å². The van der Waals surface area contributed by atoms with Crippen LogP contribution in [0.1, 0.15) is 37.3 Å². The number of nitriles is 1. The van der Waals surface area contributed by atoms with Gasteiger partial charge < -0.3 is 5.11 Å². The predicted octanol–water partition coefficient (Wildman–Crippen LogP) is 2.57. The molecule has 78 valence electrons. The Morgan fingerprint density at radius 3 is 2.53 bits per heavy atom. The zero-order valence-corrected chi connectivity index (χ0v) is 8.90. The molecule has 0 aromatic heterocycles. The van der Waals surface area contributed by atoms with Gasteiger partial charge in [0, 0.05) is 0 Å². The molecule has 1 aliphatic rings. The summed E-state index contributed by atoms with van der Waals surface area (Å²) in [6, 6.07) is 9.38. The van der Waals surface area contributed by atoms with E-state index in [4.69, 9.17) is 5.26 Å². The zero-order valence-electron chi connectivity index (χ0n) is 8.90. The summed E-state index contributed by atoms with van der Waals surface area (Å²) >= 11 is 0. The van der Waals surface area contributed by atoms with Crippen LogP contribution >= 0.6 is 0 Å². The molecule has 1 saturated carbocycles. The molecule has 1 N–H and O–H groups in total. The molecule has 2 heteroatoms. The SMILES string of the molecule is C[C@@H]1CC[C@@](O)(c2ccc(C#N)cc2)C1. The molecule has 0 amide bonds. The van der Waals surface area contributed by atoms with Crippen molar-refractivity contribution in [3.05, 3.63) is 35.4 Å². The lowest BCUT2D eigenvalue weighted by molar-refractivity contribution is 0.0408. The van der Waals surface area contributed by atoms with Crippen molar-refractivity contribution in [2.45, 2.75) is 31.8 Å². The molecule has 15 heavy (non-hydrogen) atoms. The Morgan fingerprint density at radius 2 is 2.07 bits per heavy atom. The minimum atomic E-state index is -0.659. The van der Waals surface area contributed by atoms with E-state index in [1.165, 1.54) is 0 Å². The normalized spacial score (nSPS) is 30.1. The highest BCUT2D eigenvalue weighted by Gasteiger charge is 2.36. The van der Waals surface area contributed by atoms with Crippen molar-refractivity contribution in [3.63, 3.8) is 0 Å². The molecule has 1 aliphatic carbocycles. The molecule has 0 spiro atoms. The molecule has 1 fully saturated rings. The van der Waals surface area contributed by atoms with Crippen molar-refractivity contribution in [3.8, 4) is 6.07 Å². The average Bonchev–Trinajstić information content (AvgIpc) is 2.60. The highest BCUT2D eigenvalue weighted by molar-refractivity contribution is 5.34. The lowest BCUT2D eigenvalue weighted by atomic mass is 9.91. The monoisotopic (exact) mass is 201 g/mol. The summed E-state index contributed by atoms with van der Waals surface area (Å²) in [5, 5.41) is 19.1. The van der Waals surface area contributed by atoms with Gasteiger partial charge in [-0.3, -0.25) is 0 Å². The van der Waals surface area contributed by atoms with E-state index in [1.54, 1.807) is 12.1 Å². The molecule has 0 radical (unpaired) electrons. The first-order valence-electron chi connectivity index (χ1n) is 5.37. The number of nitrogens with zero attached hydrogens (tertiary/aromatic N) is 1. The van der Waals surface area contributed by atoms with Crippen LogP contribution < -0.4 is 0 Å². The van der Waals surface area contributed by atoms with Crippen LogP contribution in [0.25, 0.3) is 0 Å². The van der Waals surface area contributed by atoms with Gasteiger partial charge in [0.1, 0.15) is 0 Å². The van der Waals surface area contributed by atoms with Crippen LogP contribution in [-0.4, -0.2) is 5.11 Å². The van der Waals surface area contributed by atoms with Crippen LogP contribution in [0.15, 0.2) is 24.3 Å². The van der Waals surface area contributed by atoms with E-state index in [2.05, 4.69) is 13.0 Å². The Hall–Kier alpha value is -1.33. The third-order valence-electron chi connectivity index (χ3n) is 3.29. The predicted molar refractivity (Wildman–Crippen MR) is 58.1 cm³/mol. The molecule has 0 heterocycles. The second-order valence-electron chi connectivity index (χ2n) is 4.57. The smallest absolute Gasteiger partial charge is 0.0991 e. The fraction of sp³-hybridized carbons (Fsp3) is 0.462. The molecule has 2 atom stereocenters. The first-order chi connectivity index (χ1) is 7.14. The molecular formula is C13H15NO. The number of aliphatic hydroxyl groups is 1. The van der Waals surface area contributed by atoms with E-state index in [9.17, 15) is 5.11 Å². The molecule has 0 bridgehead atoms. The third-order valence-corrected chi connectivity index (χ3v) is 3.29. The lowest BCUT2D eigenvalue weighted by Gasteiger charge is -2.23. The third kappa shape index (κ3) is 1.88. The Labute approximate surface area is 90.2 Å². The Balaban J connectivity index is 2.26.